The van der Waals surface area contributed by atoms with Crippen molar-refractivity contribution in [2.75, 3.05) is 6.54 Å². The molecule has 0 spiro atoms. The lowest BCUT2D eigenvalue weighted by atomic mass is 9.92. The van der Waals surface area contributed by atoms with Gasteiger partial charge in [-0.15, -0.1) is 0 Å². The van der Waals surface area contributed by atoms with Gasteiger partial charge in [-0.05, 0) is 31.4 Å². The van der Waals surface area contributed by atoms with E-state index in [4.69, 9.17) is 0 Å². The number of aliphatic hydroxyl groups excluding tert-OH is 1. The largest absolute Gasteiger partial charge is 0.388 e. The summed E-state index contributed by atoms with van der Waals surface area (Å²) in [6.07, 6.45) is 3.24. The number of hydrogen-bond acceptors (Lipinski definition) is 2. The van der Waals surface area contributed by atoms with Crippen LogP contribution < -0.4 is 5.32 Å². The van der Waals surface area contributed by atoms with Crippen LogP contribution in [0.1, 0.15) is 41.8 Å². The molecule has 0 aliphatic heterocycles. The van der Waals surface area contributed by atoms with E-state index in [2.05, 4.69) is 16.8 Å². The minimum absolute atomic E-state index is 0.0695. The van der Waals surface area contributed by atoms with Gasteiger partial charge in [0.05, 0.1) is 11.7 Å². The summed E-state index contributed by atoms with van der Waals surface area (Å²) in [6, 6.07) is 17.7. The van der Waals surface area contributed by atoms with E-state index in [9.17, 15) is 9.90 Å². The van der Waals surface area contributed by atoms with Crippen LogP contribution in [0.3, 0.4) is 0 Å². The maximum absolute atomic E-state index is 12.8. The number of aryl methyl sites for hydroxylation is 1. The van der Waals surface area contributed by atoms with Crippen molar-refractivity contribution in [2.24, 2.45) is 5.41 Å². The van der Waals surface area contributed by atoms with Gasteiger partial charge in [0.25, 0.3) is 5.91 Å². The lowest BCUT2D eigenvalue weighted by molar-refractivity contribution is 0.0809. The molecule has 4 rings (SSSR count). The van der Waals surface area contributed by atoms with Gasteiger partial charge in [-0.3, -0.25) is 4.79 Å². The number of carbonyl (C=O) groups is 1. The molecule has 26 heavy (non-hydrogen) atoms. The first-order valence-electron chi connectivity index (χ1n) is 9.24. The lowest BCUT2D eigenvalue weighted by Crippen LogP contribution is -2.33. The number of benzene rings is 2. The molecule has 4 heteroatoms. The van der Waals surface area contributed by atoms with Gasteiger partial charge in [0.15, 0.2) is 0 Å². The third-order valence-electron chi connectivity index (χ3n) is 5.56. The van der Waals surface area contributed by atoms with Crippen LogP contribution in [0.5, 0.6) is 0 Å². The van der Waals surface area contributed by atoms with E-state index in [1.807, 2.05) is 60.8 Å². The average Bonchev–Trinajstić information content (AvgIpc) is 3.39. The third kappa shape index (κ3) is 2.90. The molecule has 134 valence electrons. The Bertz CT molecular complexity index is 926. The Hall–Kier alpha value is -2.59. The molecule has 2 N–H and O–H groups in total. The maximum atomic E-state index is 12.8. The van der Waals surface area contributed by atoms with Crippen molar-refractivity contribution >= 4 is 16.8 Å². The molecule has 0 saturated heterocycles. The molecule has 1 saturated carbocycles. The summed E-state index contributed by atoms with van der Waals surface area (Å²) in [6.45, 7) is 3.39. The van der Waals surface area contributed by atoms with E-state index in [0.717, 1.165) is 35.9 Å². The Balaban J connectivity index is 1.51. The monoisotopic (exact) mass is 348 g/mol. The van der Waals surface area contributed by atoms with E-state index in [1.165, 1.54) is 0 Å². The van der Waals surface area contributed by atoms with Crippen LogP contribution in [-0.2, 0) is 6.54 Å². The molecule has 1 unspecified atom stereocenters. The minimum atomic E-state index is -0.541. The Morgan fingerprint density at radius 3 is 2.54 bits per heavy atom. The molecule has 1 aromatic heterocycles. The van der Waals surface area contributed by atoms with E-state index in [0.29, 0.717) is 12.1 Å². The fourth-order valence-electron chi connectivity index (χ4n) is 3.74. The number of nitrogens with zero attached hydrogens (tertiary/aromatic N) is 1. The zero-order valence-corrected chi connectivity index (χ0v) is 15.0. The summed E-state index contributed by atoms with van der Waals surface area (Å²) in [5.41, 5.74) is 2.46. The van der Waals surface area contributed by atoms with E-state index in [-0.39, 0.29) is 11.3 Å². The first-order valence-corrected chi connectivity index (χ1v) is 9.24. The minimum Gasteiger partial charge on any atom is -0.388 e. The molecular weight excluding hydrogens is 324 g/mol. The molecule has 1 heterocycles. The third-order valence-corrected chi connectivity index (χ3v) is 5.56. The van der Waals surface area contributed by atoms with Crippen LogP contribution in [0.2, 0.25) is 0 Å². The normalized spacial score (nSPS) is 16.4. The standard InChI is InChI=1S/C22H24N2O2/c1-2-24-14-18(17-10-6-7-11-19(17)24)21(26)23-15-22(12-13-22)20(25)16-8-4-3-5-9-16/h3-11,14,20,25H,2,12-13,15H2,1H3,(H,23,26). The van der Waals surface area contributed by atoms with Crippen LogP contribution in [0.4, 0.5) is 0 Å². The van der Waals surface area contributed by atoms with E-state index >= 15 is 0 Å². The molecule has 1 atom stereocenters. The SMILES string of the molecule is CCn1cc(C(=O)NCC2(C(O)c3ccccc3)CC2)c2ccccc21. The van der Waals surface area contributed by atoms with Crippen molar-refractivity contribution in [1.29, 1.82) is 0 Å². The second-order valence-electron chi connectivity index (χ2n) is 7.20. The molecule has 1 amide bonds. The number of amides is 1. The molecule has 4 nitrogen and oxygen atoms in total. The van der Waals surface area contributed by atoms with Gasteiger partial charge in [-0.1, -0.05) is 48.5 Å². The zero-order valence-electron chi connectivity index (χ0n) is 15.0. The molecule has 1 fully saturated rings. The molecule has 0 radical (unpaired) electrons. The first-order chi connectivity index (χ1) is 12.6. The lowest BCUT2D eigenvalue weighted by Gasteiger charge is -2.23. The molecule has 3 aromatic rings. The fraction of sp³-hybridized carbons (Fsp3) is 0.318. The van der Waals surface area contributed by atoms with Crippen molar-refractivity contribution in [3.05, 3.63) is 71.9 Å². The van der Waals surface area contributed by atoms with Crippen molar-refractivity contribution in [3.8, 4) is 0 Å². The number of carbonyl (C=O) groups excluding carboxylic acids is 1. The van der Waals surface area contributed by atoms with Gasteiger partial charge < -0.3 is 15.0 Å². The van der Waals surface area contributed by atoms with Crippen molar-refractivity contribution < 1.29 is 9.90 Å². The van der Waals surface area contributed by atoms with Crippen molar-refractivity contribution in [1.82, 2.24) is 9.88 Å². The number of rotatable bonds is 6. The number of nitrogens with one attached hydrogen (secondary N) is 1. The number of hydrogen-bond donors (Lipinski definition) is 2. The first kappa shape index (κ1) is 16.9. The van der Waals surface area contributed by atoms with Gasteiger partial charge in [0.2, 0.25) is 0 Å². The van der Waals surface area contributed by atoms with Gasteiger partial charge in [0, 0.05) is 35.6 Å². The van der Waals surface area contributed by atoms with Crippen molar-refractivity contribution in [3.63, 3.8) is 0 Å². The summed E-state index contributed by atoms with van der Waals surface area (Å²) < 4.78 is 2.09. The molecule has 1 aliphatic carbocycles. The Morgan fingerprint density at radius 2 is 1.85 bits per heavy atom. The molecule has 1 aliphatic rings. The maximum Gasteiger partial charge on any atom is 0.253 e. The molecule has 0 bridgehead atoms. The van der Waals surface area contributed by atoms with Gasteiger partial charge >= 0.3 is 0 Å². The highest BCUT2D eigenvalue weighted by Gasteiger charge is 2.49. The highest BCUT2D eigenvalue weighted by atomic mass is 16.3. The fourth-order valence-corrected chi connectivity index (χ4v) is 3.74. The second-order valence-corrected chi connectivity index (χ2v) is 7.20. The summed E-state index contributed by atoms with van der Waals surface area (Å²) in [5.74, 6) is -0.0695. The zero-order chi connectivity index (χ0) is 18.1. The number of aliphatic hydroxyl groups is 1. The molecule has 2 aromatic carbocycles. The van der Waals surface area contributed by atoms with Crippen LogP contribution in [0, 0.1) is 5.41 Å². The highest BCUT2D eigenvalue weighted by Crippen LogP contribution is 2.54. The van der Waals surface area contributed by atoms with E-state index in [1.54, 1.807) is 0 Å². The predicted octanol–water partition coefficient (Wildman–Crippen LogP) is 3.90. The Morgan fingerprint density at radius 1 is 1.15 bits per heavy atom. The van der Waals surface area contributed by atoms with Crippen LogP contribution in [0.15, 0.2) is 60.8 Å². The smallest absolute Gasteiger partial charge is 0.253 e. The van der Waals surface area contributed by atoms with Crippen LogP contribution in [0.25, 0.3) is 10.9 Å². The second kappa shape index (κ2) is 6.61. The van der Waals surface area contributed by atoms with Crippen LogP contribution >= 0.6 is 0 Å². The quantitative estimate of drug-likeness (QED) is 0.710. The topological polar surface area (TPSA) is 54.3 Å². The Labute approximate surface area is 153 Å². The van der Waals surface area contributed by atoms with Gasteiger partial charge in [0.1, 0.15) is 0 Å². The van der Waals surface area contributed by atoms with Crippen LogP contribution in [-0.4, -0.2) is 22.1 Å². The average molecular weight is 348 g/mol. The summed E-state index contributed by atoms with van der Waals surface area (Å²) in [7, 11) is 0. The summed E-state index contributed by atoms with van der Waals surface area (Å²) >= 11 is 0. The number of fused-ring (bicyclic) bond motifs is 1. The van der Waals surface area contributed by atoms with Gasteiger partial charge in [-0.25, -0.2) is 0 Å². The summed E-state index contributed by atoms with van der Waals surface area (Å²) in [5, 5.41) is 14.8. The number of para-hydroxylation sites is 1. The summed E-state index contributed by atoms with van der Waals surface area (Å²) in [4.78, 5) is 12.8. The highest BCUT2D eigenvalue weighted by molar-refractivity contribution is 6.07. The van der Waals surface area contributed by atoms with Crippen molar-refractivity contribution in [2.45, 2.75) is 32.4 Å². The molecular formula is C22H24N2O2. The predicted molar refractivity (Wildman–Crippen MR) is 103 cm³/mol. The van der Waals surface area contributed by atoms with E-state index < -0.39 is 6.10 Å². The number of aromatic nitrogens is 1. The Kier molecular flexibility index (Phi) is 4.29. The van der Waals surface area contributed by atoms with Gasteiger partial charge in [-0.2, -0.15) is 0 Å².